The van der Waals surface area contributed by atoms with Gasteiger partial charge in [-0.25, -0.2) is 4.68 Å². The molecule has 1 amide bonds. The van der Waals surface area contributed by atoms with Gasteiger partial charge in [-0.2, -0.15) is 5.10 Å². The molecule has 1 aliphatic carbocycles. The molecule has 4 rings (SSSR count). The summed E-state index contributed by atoms with van der Waals surface area (Å²) in [4.78, 5) is 25.5. The second-order valence-corrected chi connectivity index (χ2v) is 6.43. The standard InChI is InChI=1S/C18H20N4O2/c1-3-14(17(23)20-11-8-9-11)22-15-7-5-4-6-12(15)13-10-19-21(2)18(24)16(13)22/h4-7,10-11,14H,3,8-9H2,1-2H3,(H,20,23)/t14-/m0/s1. The molecule has 0 spiro atoms. The second-order valence-electron chi connectivity index (χ2n) is 6.43. The third kappa shape index (κ3) is 2.21. The number of hydrogen-bond donors (Lipinski definition) is 1. The first kappa shape index (κ1) is 14.9. The van der Waals surface area contributed by atoms with Crippen LogP contribution in [0.4, 0.5) is 0 Å². The molecule has 0 bridgehead atoms. The molecule has 1 atom stereocenters. The van der Waals surface area contributed by atoms with Gasteiger partial charge in [0.1, 0.15) is 11.6 Å². The molecule has 6 heteroatoms. The Labute approximate surface area is 139 Å². The van der Waals surface area contributed by atoms with E-state index in [4.69, 9.17) is 0 Å². The Balaban J connectivity index is 2.01. The van der Waals surface area contributed by atoms with Gasteiger partial charge in [-0.05, 0) is 25.3 Å². The molecule has 2 aromatic heterocycles. The first-order valence-corrected chi connectivity index (χ1v) is 8.37. The topological polar surface area (TPSA) is 68.9 Å². The third-order valence-corrected chi connectivity index (χ3v) is 4.73. The SMILES string of the molecule is CC[C@@H](C(=O)NC1CC1)n1c2ccccc2c2cnn(C)c(=O)c21. The van der Waals surface area contributed by atoms with Crippen LogP contribution in [0.25, 0.3) is 21.8 Å². The molecular weight excluding hydrogens is 304 g/mol. The predicted octanol–water partition coefficient (Wildman–Crippen LogP) is 2.12. The molecule has 1 fully saturated rings. The van der Waals surface area contributed by atoms with Gasteiger partial charge in [-0.3, -0.25) is 9.59 Å². The Kier molecular flexibility index (Phi) is 3.40. The van der Waals surface area contributed by atoms with Crippen LogP contribution in [0.2, 0.25) is 0 Å². The number of carbonyl (C=O) groups is 1. The molecule has 0 radical (unpaired) electrons. The Morgan fingerprint density at radius 2 is 2.08 bits per heavy atom. The number of rotatable bonds is 4. The zero-order valence-corrected chi connectivity index (χ0v) is 13.8. The number of aromatic nitrogens is 3. The van der Waals surface area contributed by atoms with E-state index in [9.17, 15) is 9.59 Å². The van der Waals surface area contributed by atoms with Crippen LogP contribution in [0.15, 0.2) is 35.3 Å². The summed E-state index contributed by atoms with van der Waals surface area (Å²) < 4.78 is 3.22. The minimum atomic E-state index is -0.400. The zero-order chi connectivity index (χ0) is 16.8. The molecular formula is C18H20N4O2. The van der Waals surface area contributed by atoms with Crippen LogP contribution in [-0.2, 0) is 11.8 Å². The van der Waals surface area contributed by atoms with Crippen LogP contribution in [0, 0.1) is 0 Å². The molecule has 124 valence electrons. The molecule has 2 heterocycles. The van der Waals surface area contributed by atoms with Crippen LogP contribution in [-0.4, -0.2) is 26.3 Å². The van der Waals surface area contributed by atoms with Crippen molar-refractivity contribution in [1.82, 2.24) is 19.7 Å². The molecule has 1 N–H and O–H groups in total. The summed E-state index contributed by atoms with van der Waals surface area (Å²) in [6.07, 6.45) is 4.42. The first-order chi connectivity index (χ1) is 11.6. The summed E-state index contributed by atoms with van der Waals surface area (Å²) >= 11 is 0. The van der Waals surface area contributed by atoms with Crippen molar-refractivity contribution in [2.24, 2.45) is 7.05 Å². The van der Waals surface area contributed by atoms with E-state index >= 15 is 0 Å². The number of amides is 1. The van der Waals surface area contributed by atoms with Crippen molar-refractivity contribution in [3.63, 3.8) is 0 Å². The van der Waals surface area contributed by atoms with Gasteiger partial charge in [0.15, 0.2) is 0 Å². The maximum Gasteiger partial charge on any atom is 0.291 e. The monoisotopic (exact) mass is 324 g/mol. The number of fused-ring (bicyclic) bond motifs is 3. The zero-order valence-electron chi connectivity index (χ0n) is 13.8. The maximum absolute atomic E-state index is 12.8. The molecule has 24 heavy (non-hydrogen) atoms. The summed E-state index contributed by atoms with van der Waals surface area (Å²) in [5.41, 5.74) is 1.27. The average molecular weight is 324 g/mol. The van der Waals surface area contributed by atoms with E-state index in [0.717, 1.165) is 29.1 Å². The lowest BCUT2D eigenvalue weighted by Gasteiger charge is -2.19. The van der Waals surface area contributed by atoms with Gasteiger partial charge in [0.2, 0.25) is 5.91 Å². The highest BCUT2D eigenvalue weighted by molar-refractivity contribution is 6.08. The largest absolute Gasteiger partial charge is 0.352 e. The molecule has 0 aliphatic heterocycles. The number of nitrogens with zero attached hydrogens (tertiary/aromatic N) is 3. The van der Waals surface area contributed by atoms with Crippen molar-refractivity contribution in [3.8, 4) is 0 Å². The smallest absolute Gasteiger partial charge is 0.291 e. The third-order valence-electron chi connectivity index (χ3n) is 4.73. The number of nitrogens with one attached hydrogen (secondary N) is 1. The van der Waals surface area contributed by atoms with Gasteiger partial charge in [0.25, 0.3) is 5.56 Å². The molecule has 3 aromatic rings. The molecule has 1 aromatic carbocycles. The number of para-hydroxylation sites is 1. The Hall–Kier alpha value is -2.63. The van der Waals surface area contributed by atoms with E-state index in [1.54, 1.807) is 13.2 Å². The van der Waals surface area contributed by atoms with Gasteiger partial charge < -0.3 is 9.88 Å². The number of hydrogen-bond acceptors (Lipinski definition) is 3. The van der Waals surface area contributed by atoms with Crippen molar-refractivity contribution >= 4 is 27.7 Å². The molecule has 1 aliphatic rings. The van der Waals surface area contributed by atoms with Crippen LogP contribution >= 0.6 is 0 Å². The lowest BCUT2D eigenvalue weighted by molar-refractivity contribution is -0.124. The fraction of sp³-hybridized carbons (Fsp3) is 0.389. The molecule has 6 nitrogen and oxygen atoms in total. The fourth-order valence-corrected chi connectivity index (χ4v) is 3.32. The lowest BCUT2D eigenvalue weighted by atomic mass is 10.2. The van der Waals surface area contributed by atoms with Crippen LogP contribution in [0.5, 0.6) is 0 Å². The number of carbonyl (C=O) groups excluding carboxylic acids is 1. The van der Waals surface area contributed by atoms with Gasteiger partial charge in [-0.15, -0.1) is 0 Å². The summed E-state index contributed by atoms with van der Waals surface area (Å²) in [5.74, 6) is -0.0125. The van der Waals surface area contributed by atoms with Crippen molar-refractivity contribution in [2.75, 3.05) is 0 Å². The summed E-state index contributed by atoms with van der Waals surface area (Å²) in [5, 5.41) is 8.97. The molecule has 1 saturated carbocycles. The van der Waals surface area contributed by atoms with Gasteiger partial charge in [0, 0.05) is 23.9 Å². The van der Waals surface area contributed by atoms with Crippen molar-refractivity contribution < 1.29 is 4.79 Å². The predicted molar refractivity (Wildman–Crippen MR) is 93.0 cm³/mol. The highest BCUT2D eigenvalue weighted by Crippen LogP contribution is 2.31. The molecule has 0 unspecified atom stereocenters. The van der Waals surface area contributed by atoms with Crippen LogP contribution in [0.3, 0.4) is 0 Å². The first-order valence-electron chi connectivity index (χ1n) is 8.37. The summed E-state index contributed by atoms with van der Waals surface area (Å²) in [7, 11) is 1.63. The quantitative estimate of drug-likeness (QED) is 0.799. The maximum atomic E-state index is 12.8. The van der Waals surface area contributed by atoms with Gasteiger partial charge in [0.05, 0.1) is 11.7 Å². The summed E-state index contributed by atoms with van der Waals surface area (Å²) in [6, 6.07) is 7.70. The van der Waals surface area contributed by atoms with Crippen molar-refractivity contribution in [1.29, 1.82) is 0 Å². The highest BCUT2D eigenvalue weighted by atomic mass is 16.2. The number of aryl methyl sites for hydroxylation is 1. The molecule has 0 saturated heterocycles. The summed E-state index contributed by atoms with van der Waals surface area (Å²) in [6.45, 7) is 1.98. The van der Waals surface area contributed by atoms with E-state index in [1.165, 1.54) is 4.68 Å². The van der Waals surface area contributed by atoms with E-state index in [2.05, 4.69) is 10.4 Å². The van der Waals surface area contributed by atoms with E-state index < -0.39 is 6.04 Å². The normalized spacial score (nSPS) is 15.8. The Morgan fingerprint density at radius 1 is 1.33 bits per heavy atom. The minimum absolute atomic E-state index is 0.0125. The Morgan fingerprint density at radius 3 is 2.79 bits per heavy atom. The number of benzene rings is 1. The second kappa shape index (κ2) is 5.47. The Bertz CT molecular complexity index is 997. The van der Waals surface area contributed by atoms with Crippen molar-refractivity contribution in [3.05, 3.63) is 40.8 Å². The highest BCUT2D eigenvalue weighted by Gasteiger charge is 2.30. The lowest BCUT2D eigenvalue weighted by Crippen LogP contribution is -2.34. The fourth-order valence-electron chi connectivity index (χ4n) is 3.32. The van der Waals surface area contributed by atoms with Crippen LogP contribution in [0.1, 0.15) is 32.2 Å². The van der Waals surface area contributed by atoms with Gasteiger partial charge in [-0.1, -0.05) is 25.1 Å². The van der Waals surface area contributed by atoms with E-state index in [1.807, 2.05) is 35.8 Å². The average Bonchev–Trinajstić information content (AvgIpc) is 3.33. The van der Waals surface area contributed by atoms with E-state index in [0.29, 0.717) is 18.0 Å². The van der Waals surface area contributed by atoms with Crippen LogP contribution < -0.4 is 10.9 Å². The van der Waals surface area contributed by atoms with Crippen molar-refractivity contribution in [2.45, 2.75) is 38.3 Å². The minimum Gasteiger partial charge on any atom is -0.352 e. The van der Waals surface area contributed by atoms with E-state index in [-0.39, 0.29) is 11.5 Å². The van der Waals surface area contributed by atoms with Gasteiger partial charge >= 0.3 is 0 Å².